The quantitative estimate of drug-likeness (QED) is 0.609. The summed E-state index contributed by atoms with van der Waals surface area (Å²) in [5.41, 5.74) is 0. The van der Waals surface area contributed by atoms with Crippen molar-refractivity contribution in [3.05, 3.63) is 0 Å². The highest BCUT2D eigenvalue weighted by molar-refractivity contribution is 4.84. The number of hydrogen-bond donors (Lipinski definition) is 0. The minimum Gasteiger partial charge on any atom is -0.319 e. The zero-order valence-electron chi connectivity index (χ0n) is 10.2. The van der Waals surface area contributed by atoms with E-state index in [1.165, 1.54) is 37.1 Å². The number of nitrogens with zero attached hydrogens (tertiary/aromatic N) is 2. The van der Waals surface area contributed by atoms with E-state index in [0.717, 1.165) is 18.1 Å². The molecule has 2 heterocycles. The molecule has 2 heteroatoms. The average Bonchev–Trinajstić information content (AvgIpc) is 2.45. The molecule has 14 heavy (non-hydrogen) atoms. The maximum Gasteiger partial charge on any atom is 0.0949 e. The second-order valence-electron chi connectivity index (χ2n) is 5.72. The maximum atomic E-state index is 2.71. The van der Waals surface area contributed by atoms with Crippen LogP contribution >= 0.6 is 0 Å². The number of piperazine rings is 1. The van der Waals surface area contributed by atoms with Crippen LogP contribution in [0.4, 0.5) is 0 Å². The van der Waals surface area contributed by atoms with Crippen LogP contribution in [0.2, 0.25) is 0 Å². The standard InChI is InChI=1S/C12H25N2/c1-10(2)13-6-8-14(11(3)4)7-5-12(13)9-14/h10-12H,5-9H2,1-4H3/q+1. The highest BCUT2D eigenvalue weighted by Crippen LogP contribution is 2.31. The fourth-order valence-corrected chi connectivity index (χ4v) is 3.39. The van der Waals surface area contributed by atoms with Gasteiger partial charge in [-0.05, 0) is 27.7 Å². The Morgan fingerprint density at radius 3 is 2.43 bits per heavy atom. The van der Waals surface area contributed by atoms with Crippen LogP contribution < -0.4 is 0 Å². The van der Waals surface area contributed by atoms with E-state index in [2.05, 4.69) is 32.6 Å². The van der Waals surface area contributed by atoms with Crippen LogP contribution in [0.15, 0.2) is 0 Å². The zero-order chi connectivity index (χ0) is 10.3. The normalized spacial score (nSPS) is 38.6. The lowest BCUT2D eigenvalue weighted by atomic mass is 10.1. The van der Waals surface area contributed by atoms with Crippen molar-refractivity contribution in [2.24, 2.45) is 0 Å². The molecule has 2 aliphatic heterocycles. The second-order valence-corrected chi connectivity index (χ2v) is 5.72. The van der Waals surface area contributed by atoms with Crippen molar-refractivity contribution in [3.8, 4) is 0 Å². The highest BCUT2D eigenvalue weighted by atomic mass is 15.5. The van der Waals surface area contributed by atoms with Gasteiger partial charge in [0.25, 0.3) is 0 Å². The van der Waals surface area contributed by atoms with E-state index >= 15 is 0 Å². The van der Waals surface area contributed by atoms with E-state index in [4.69, 9.17) is 0 Å². The van der Waals surface area contributed by atoms with Gasteiger partial charge in [-0.3, -0.25) is 4.90 Å². The smallest absolute Gasteiger partial charge is 0.0949 e. The highest BCUT2D eigenvalue weighted by Gasteiger charge is 2.47. The van der Waals surface area contributed by atoms with Crippen molar-refractivity contribution in [2.75, 3.05) is 26.2 Å². The van der Waals surface area contributed by atoms with Crippen molar-refractivity contribution in [1.82, 2.24) is 4.90 Å². The van der Waals surface area contributed by atoms with Gasteiger partial charge in [0.05, 0.1) is 31.7 Å². The first-order valence-corrected chi connectivity index (χ1v) is 6.17. The van der Waals surface area contributed by atoms with Crippen LogP contribution in [-0.2, 0) is 0 Å². The number of quaternary nitrogens is 1. The van der Waals surface area contributed by atoms with E-state index in [1.807, 2.05) is 0 Å². The van der Waals surface area contributed by atoms with E-state index in [9.17, 15) is 0 Å². The summed E-state index contributed by atoms with van der Waals surface area (Å²) in [6.07, 6.45) is 1.43. The molecule has 2 saturated heterocycles. The van der Waals surface area contributed by atoms with Crippen molar-refractivity contribution < 1.29 is 4.48 Å². The summed E-state index contributed by atoms with van der Waals surface area (Å²) in [5, 5.41) is 0. The Hall–Kier alpha value is -0.0800. The number of fused-ring (bicyclic) bond motifs is 2. The number of rotatable bonds is 2. The van der Waals surface area contributed by atoms with Gasteiger partial charge in [-0.1, -0.05) is 0 Å². The topological polar surface area (TPSA) is 3.24 Å². The third-order valence-electron chi connectivity index (χ3n) is 4.51. The van der Waals surface area contributed by atoms with Crippen molar-refractivity contribution >= 4 is 0 Å². The van der Waals surface area contributed by atoms with Crippen LogP contribution in [-0.4, -0.2) is 53.7 Å². The Morgan fingerprint density at radius 2 is 1.86 bits per heavy atom. The molecular weight excluding hydrogens is 172 g/mol. The van der Waals surface area contributed by atoms with Crippen LogP contribution in [0.1, 0.15) is 34.1 Å². The molecule has 0 aromatic carbocycles. The first kappa shape index (κ1) is 10.4. The molecule has 0 aromatic rings. The molecule has 0 aliphatic carbocycles. The molecule has 2 bridgehead atoms. The fraction of sp³-hybridized carbons (Fsp3) is 1.00. The summed E-state index contributed by atoms with van der Waals surface area (Å²) < 4.78 is 1.40. The third kappa shape index (κ3) is 1.49. The predicted octanol–water partition coefficient (Wildman–Crippen LogP) is 1.71. The van der Waals surface area contributed by atoms with Crippen LogP contribution in [0.5, 0.6) is 0 Å². The van der Waals surface area contributed by atoms with Gasteiger partial charge in [0.1, 0.15) is 0 Å². The Kier molecular flexibility index (Phi) is 2.61. The Morgan fingerprint density at radius 1 is 1.14 bits per heavy atom. The van der Waals surface area contributed by atoms with E-state index in [-0.39, 0.29) is 0 Å². The van der Waals surface area contributed by atoms with Crippen LogP contribution in [0.3, 0.4) is 0 Å². The lowest BCUT2D eigenvalue weighted by Crippen LogP contribution is -2.61. The molecule has 0 spiro atoms. The largest absolute Gasteiger partial charge is 0.319 e. The molecular formula is C12H25N2+. The average molecular weight is 197 g/mol. The van der Waals surface area contributed by atoms with Gasteiger partial charge < -0.3 is 4.48 Å². The minimum absolute atomic E-state index is 0.743. The summed E-state index contributed by atoms with van der Waals surface area (Å²) in [7, 11) is 0. The van der Waals surface area contributed by atoms with E-state index < -0.39 is 0 Å². The maximum absolute atomic E-state index is 2.71. The zero-order valence-corrected chi connectivity index (χ0v) is 10.2. The fourth-order valence-electron chi connectivity index (χ4n) is 3.39. The Balaban J connectivity index is 2.09. The van der Waals surface area contributed by atoms with Crippen LogP contribution in [0.25, 0.3) is 0 Å². The molecule has 0 N–H and O–H groups in total. The Labute approximate surface area is 88.5 Å². The summed E-state index contributed by atoms with van der Waals surface area (Å²) in [4.78, 5) is 2.71. The van der Waals surface area contributed by atoms with Gasteiger partial charge >= 0.3 is 0 Å². The summed E-state index contributed by atoms with van der Waals surface area (Å²) in [6.45, 7) is 15.0. The molecule has 2 nitrogen and oxygen atoms in total. The lowest BCUT2D eigenvalue weighted by Gasteiger charge is -2.45. The Bertz CT molecular complexity index is 212. The third-order valence-corrected chi connectivity index (χ3v) is 4.51. The summed E-state index contributed by atoms with van der Waals surface area (Å²) in [6, 6.07) is 2.45. The van der Waals surface area contributed by atoms with Crippen molar-refractivity contribution in [2.45, 2.75) is 52.2 Å². The summed E-state index contributed by atoms with van der Waals surface area (Å²) in [5.74, 6) is 0. The molecule has 2 fully saturated rings. The molecule has 0 radical (unpaired) electrons. The molecule has 2 aliphatic rings. The molecule has 2 rings (SSSR count). The number of hydrogen-bond acceptors (Lipinski definition) is 1. The molecule has 2 unspecified atom stereocenters. The molecule has 0 amide bonds. The van der Waals surface area contributed by atoms with Gasteiger partial charge in [0.15, 0.2) is 0 Å². The summed E-state index contributed by atoms with van der Waals surface area (Å²) >= 11 is 0. The van der Waals surface area contributed by atoms with Crippen LogP contribution in [0, 0.1) is 0 Å². The van der Waals surface area contributed by atoms with Crippen molar-refractivity contribution in [3.63, 3.8) is 0 Å². The van der Waals surface area contributed by atoms with Gasteiger partial charge in [0.2, 0.25) is 0 Å². The van der Waals surface area contributed by atoms with Gasteiger partial charge in [-0.25, -0.2) is 0 Å². The van der Waals surface area contributed by atoms with E-state index in [0.29, 0.717) is 0 Å². The molecule has 0 aromatic heterocycles. The first-order chi connectivity index (χ1) is 6.55. The molecule has 0 saturated carbocycles. The second kappa shape index (κ2) is 3.49. The van der Waals surface area contributed by atoms with Gasteiger partial charge in [0, 0.05) is 19.0 Å². The van der Waals surface area contributed by atoms with E-state index in [1.54, 1.807) is 0 Å². The minimum atomic E-state index is 0.743. The van der Waals surface area contributed by atoms with Gasteiger partial charge in [-0.15, -0.1) is 0 Å². The van der Waals surface area contributed by atoms with Crippen molar-refractivity contribution in [1.29, 1.82) is 0 Å². The molecule has 2 atom stereocenters. The first-order valence-electron chi connectivity index (χ1n) is 6.17. The lowest BCUT2D eigenvalue weighted by molar-refractivity contribution is -0.940. The SMILES string of the molecule is CC(C)N1CC[N+]2(C(C)C)CCC1C2. The monoisotopic (exact) mass is 197 g/mol. The predicted molar refractivity (Wildman–Crippen MR) is 60.2 cm³/mol. The molecule has 82 valence electrons. The van der Waals surface area contributed by atoms with Gasteiger partial charge in [-0.2, -0.15) is 0 Å².